The third-order valence-corrected chi connectivity index (χ3v) is 5.88. The highest BCUT2D eigenvalue weighted by Crippen LogP contribution is 2.36. The lowest BCUT2D eigenvalue weighted by atomic mass is 10.1. The first-order chi connectivity index (χ1) is 13.5. The molecule has 1 N–H and O–H groups in total. The largest absolute Gasteiger partial charge is 0.416 e. The van der Waals surface area contributed by atoms with E-state index in [2.05, 4.69) is 9.71 Å². The Kier molecular flexibility index (Phi) is 5.42. The van der Waals surface area contributed by atoms with Crippen LogP contribution in [-0.4, -0.2) is 32.1 Å². The van der Waals surface area contributed by atoms with Gasteiger partial charge in [-0.3, -0.25) is 0 Å². The number of imidazole rings is 1. The normalized spacial score (nSPS) is 12.2. The van der Waals surface area contributed by atoms with Crippen LogP contribution >= 0.6 is 0 Å². The Morgan fingerprint density at radius 3 is 2.28 bits per heavy atom. The van der Waals surface area contributed by atoms with Gasteiger partial charge in [0.25, 0.3) is 0 Å². The summed E-state index contributed by atoms with van der Waals surface area (Å²) >= 11 is 0. The minimum absolute atomic E-state index is 0.0604. The summed E-state index contributed by atoms with van der Waals surface area (Å²) in [6.07, 6.45) is -1.11. The number of sulfonamides is 1. The second kappa shape index (κ2) is 7.53. The number of halogens is 3. The molecule has 0 aliphatic heterocycles. The molecule has 0 atom stereocenters. The number of alkyl halides is 3. The molecule has 2 aromatic carbocycles. The smallest absolute Gasteiger partial charge is 0.344 e. The summed E-state index contributed by atoms with van der Waals surface area (Å²) in [6, 6.07) is 9.27. The predicted octanol–water partition coefficient (Wildman–Crippen LogP) is 3.78. The summed E-state index contributed by atoms with van der Waals surface area (Å²) in [7, 11) is 1.11. The molecule has 0 radical (unpaired) electrons. The molecule has 3 aromatic rings. The summed E-state index contributed by atoms with van der Waals surface area (Å²) < 4.78 is 66.9. The van der Waals surface area contributed by atoms with Crippen molar-refractivity contribution in [3.8, 4) is 11.3 Å². The molecule has 0 fully saturated rings. The fourth-order valence-electron chi connectivity index (χ4n) is 2.86. The zero-order valence-corrected chi connectivity index (χ0v) is 16.7. The Labute approximate surface area is 166 Å². The number of nitrogens with zero attached hydrogens (tertiary/aromatic N) is 3. The molecule has 0 unspecified atom stereocenters. The minimum atomic E-state index is -4.42. The van der Waals surface area contributed by atoms with Crippen LogP contribution in [0.3, 0.4) is 0 Å². The highest BCUT2D eigenvalue weighted by molar-refractivity contribution is 7.89. The lowest BCUT2D eigenvalue weighted by Gasteiger charge is -2.23. The predicted molar refractivity (Wildman–Crippen MR) is 104 cm³/mol. The van der Waals surface area contributed by atoms with Crippen molar-refractivity contribution in [3.05, 3.63) is 60.6 Å². The zero-order chi connectivity index (χ0) is 21.4. The fourth-order valence-corrected chi connectivity index (χ4v) is 3.62. The van der Waals surface area contributed by atoms with Gasteiger partial charge in [-0.05, 0) is 49.5 Å². The second-order valence-electron chi connectivity index (χ2n) is 6.41. The van der Waals surface area contributed by atoms with E-state index in [0.29, 0.717) is 22.6 Å². The highest BCUT2D eigenvalue weighted by atomic mass is 32.2. The van der Waals surface area contributed by atoms with Crippen LogP contribution in [0.15, 0.2) is 59.9 Å². The molecule has 1 aromatic heterocycles. The molecule has 0 bridgehead atoms. The Bertz CT molecular complexity index is 1120. The number of rotatable bonds is 5. The van der Waals surface area contributed by atoms with Gasteiger partial charge >= 0.3 is 6.18 Å². The number of aromatic nitrogens is 2. The molecular weight excluding hydrogens is 405 g/mol. The zero-order valence-electron chi connectivity index (χ0n) is 15.9. The lowest BCUT2D eigenvalue weighted by Crippen LogP contribution is -2.19. The van der Waals surface area contributed by atoms with Crippen molar-refractivity contribution in [2.75, 3.05) is 19.0 Å². The van der Waals surface area contributed by atoms with E-state index in [1.807, 2.05) is 0 Å². The number of aryl methyl sites for hydroxylation is 1. The maximum absolute atomic E-state index is 12.8. The molecule has 0 aliphatic rings. The lowest BCUT2D eigenvalue weighted by molar-refractivity contribution is -0.137. The van der Waals surface area contributed by atoms with Crippen molar-refractivity contribution in [2.24, 2.45) is 7.05 Å². The first-order valence-electron chi connectivity index (χ1n) is 8.50. The summed E-state index contributed by atoms with van der Waals surface area (Å²) in [5, 5.41) is 0. The van der Waals surface area contributed by atoms with E-state index in [9.17, 15) is 21.6 Å². The first kappa shape index (κ1) is 20.9. The molecule has 10 heteroatoms. The molecule has 154 valence electrons. The van der Waals surface area contributed by atoms with E-state index in [4.69, 9.17) is 0 Å². The van der Waals surface area contributed by atoms with E-state index in [0.717, 1.165) is 12.1 Å². The molecular formula is C19H19F3N4O2S. The molecule has 6 nitrogen and oxygen atoms in total. The Balaban J connectivity index is 2.10. The average Bonchev–Trinajstić information content (AvgIpc) is 3.12. The molecule has 0 aliphatic carbocycles. The van der Waals surface area contributed by atoms with Gasteiger partial charge in [-0.15, -0.1) is 0 Å². The van der Waals surface area contributed by atoms with Gasteiger partial charge in [-0.25, -0.2) is 18.1 Å². The number of benzene rings is 2. The molecule has 0 spiro atoms. The van der Waals surface area contributed by atoms with Gasteiger partial charge in [-0.2, -0.15) is 13.2 Å². The topological polar surface area (TPSA) is 67.2 Å². The van der Waals surface area contributed by atoms with E-state index in [1.165, 1.54) is 31.3 Å². The summed E-state index contributed by atoms with van der Waals surface area (Å²) in [5.41, 5.74) is 1.44. The monoisotopic (exact) mass is 424 g/mol. The van der Waals surface area contributed by atoms with Gasteiger partial charge in [0.15, 0.2) is 0 Å². The van der Waals surface area contributed by atoms with Crippen LogP contribution in [-0.2, 0) is 23.2 Å². The highest BCUT2D eigenvalue weighted by Gasteiger charge is 2.30. The van der Waals surface area contributed by atoms with Crippen molar-refractivity contribution in [3.63, 3.8) is 0 Å². The molecule has 0 saturated heterocycles. The molecule has 1 heterocycles. The molecule has 29 heavy (non-hydrogen) atoms. The van der Waals surface area contributed by atoms with E-state index in [-0.39, 0.29) is 4.90 Å². The van der Waals surface area contributed by atoms with E-state index in [1.54, 1.807) is 42.2 Å². The van der Waals surface area contributed by atoms with Gasteiger partial charge in [0.2, 0.25) is 10.0 Å². The van der Waals surface area contributed by atoms with Crippen molar-refractivity contribution >= 4 is 21.4 Å². The van der Waals surface area contributed by atoms with Crippen LogP contribution in [0.1, 0.15) is 5.56 Å². The molecule has 0 saturated carbocycles. The summed E-state index contributed by atoms with van der Waals surface area (Å²) in [6.45, 7) is 0. The molecule has 0 amide bonds. The van der Waals surface area contributed by atoms with Gasteiger partial charge in [0.1, 0.15) is 0 Å². The van der Waals surface area contributed by atoms with Gasteiger partial charge in [0, 0.05) is 31.5 Å². The first-order valence-corrected chi connectivity index (χ1v) is 9.98. The van der Waals surface area contributed by atoms with Crippen LogP contribution < -0.4 is 9.62 Å². The minimum Gasteiger partial charge on any atom is -0.344 e. The van der Waals surface area contributed by atoms with Gasteiger partial charge < -0.3 is 9.47 Å². The average molecular weight is 424 g/mol. The second-order valence-corrected chi connectivity index (χ2v) is 8.30. The van der Waals surface area contributed by atoms with Crippen molar-refractivity contribution in [1.82, 2.24) is 14.3 Å². The van der Waals surface area contributed by atoms with Crippen LogP contribution in [0.2, 0.25) is 0 Å². The molecule has 3 rings (SSSR count). The van der Waals surface area contributed by atoms with E-state index >= 15 is 0 Å². The number of anilines is 2. The van der Waals surface area contributed by atoms with Crippen LogP contribution in [0.4, 0.5) is 24.5 Å². The maximum Gasteiger partial charge on any atom is 0.416 e. The Morgan fingerprint density at radius 2 is 1.76 bits per heavy atom. The summed E-state index contributed by atoms with van der Waals surface area (Å²) in [5.74, 6) is 0. The summed E-state index contributed by atoms with van der Waals surface area (Å²) in [4.78, 5) is 6.03. The van der Waals surface area contributed by atoms with Crippen molar-refractivity contribution < 1.29 is 21.6 Å². The van der Waals surface area contributed by atoms with Crippen LogP contribution in [0, 0.1) is 0 Å². The fraction of sp³-hybridized carbons (Fsp3) is 0.211. The Morgan fingerprint density at radius 1 is 1.10 bits per heavy atom. The third-order valence-electron chi connectivity index (χ3n) is 4.47. The van der Waals surface area contributed by atoms with Gasteiger partial charge in [-0.1, -0.05) is 0 Å². The SMILES string of the molecule is CNS(=O)(=O)c1ccc(N(C)c2ccc(C(F)(F)F)cc2)c(-c2cn(C)cn2)c1. The number of nitrogens with one attached hydrogen (secondary N) is 1. The maximum atomic E-state index is 12.8. The van der Waals surface area contributed by atoms with Crippen molar-refractivity contribution in [1.29, 1.82) is 0 Å². The van der Waals surface area contributed by atoms with Crippen LogP contribution in [0.5, 0.6) is 0 Å². The van der Waals surface area contributed by atoms with Gasteiger partial charge in [0.05, 0.1) is 28.2 Å². The van der Waals surface area contributed by atoms with Crippen LogP contribution in [0.25, 0.3) is 11.3 Å². The Hall–Kier alpha value is -2.85. The number of hydrogen-bond donors (Lipinski definition) is 1. The third kappa shape index (κ3) is 4.28. The number of hydrogen-bond acceptors (Lipinski definition) is 4. The standard InChI is InChI=1S/C19H19F3N4O2S/c1-23-29(27,28)15-8-9-18(16(10-15)17-11-25(2)12-24-17)26(3)14-6-4-13(5-7-14)19(20,21)22/h4-12,23H,1-3H3. The van der Waals surface area contributed by atoms with Crippen molar-refractivity contribution in [2.45, 2.75) is 11.1 Å². The van der Waals surface area contributed by atoms with E-state index < -0.39 is 21.8 Å². The quantitative estimate of drug-likeness (QED) is 0.677.